The Morgan fingerprint density at radius 2 is 1.91 bits per heavy atom. The highest BCUT2D eigenvalue weighted by Crippen LogP contribution is 2.27. The molecule has 1 aromatic heterocycles. The lowest BCUT2D eigenvalue weighted by Crippen LogP contribution is -2.32. The van der Waals surface area contributed by atoms with Crippen molar-refractivity contribution in [2.75, 3.05) is 13.1 Å². The zero-order valence-electron chi connectivity index (χ0n) is 18.0. The molecule has 2 heterocycles. The van der Waals surface area contributed by atoms with Crippen LogP contribution in [0.15, 0.2) is 59.1 Å². The van der Waals surface area contributed by atoms with Crippen molar-refractivity contribution >= 4 is 12.0 Å². The molecule has 1 aliphatic rings. The van der Waals surface area contributed by atoms with Gasteiger partial charge in [-0.05, 0) is 67.4 Å². The van der Waals surface area contributed by atoms with Crippen molar-refractivity contribution in [3.05, 3.63) is 83.3 Å². The summed E-state index contributed by atoms with van der Waals surface area (Å²) in [5.74, 6) is 1.19. The third kappa shape index (κ3) is 6.47. The predicted octanol–water partition coefficient (Wildman–Crippen LogP) is 3.69. The van der Waals surface area contributed by atoms with Crippen LogP contribution in [0.2, 0.25) is 0 Å². The van der Waals surface area contributed by atoms with E-state index in [1.807, 2.05) is 12.1 Å². The number of nitrogens with zero attached hydrogens (tertiary/aromatic N) is 3. The first kappa shape index (κ1) is 22.6. The lowest BCUT2D eigenvalue weighted by atomic mass is 9.96. The van der Waals surface area contributed by atoms with Gasteiger partial charge in [0, 0.05) is 18.5 Å². The van der Waals surface area contributed by atoms with E-state index in [4.69, 9.17) is 14.5 Å². The molecule has 4 rings (SSSR count). The summed E-state index contributed by atoms with van der Waals surface area (Å²) in [6.07, 6.45) is 4.67. The zero-order chi connectivity index (χ0) is 23.0. The molecule has 0 saturated carbocycles. The second-order valence-electron chi connectivity index (χ2n) is 7.89. The Kier molecular flexibility index (Phi) is 7.43. The standard InChI is InChI=1S/C24H25FN4O4/c25-20-6-1-18(2-7-20)15-29-13-11-19(12-14-29)24-26-23(33-28-24)16-32-21-8-3-17(4-9-21)5-10-22(30)27-31/h1-10,19,31H,11-16H2,(H,27,30). The molecular weight excluding hydrogens is 427 g/mol. The molecule has 0 radical (unpaired) electrons. The molecule has 0 aliphatic carbocycles. The second kappa shape index (κ2) is 10.8. The molecular formula is C24H25FN4O4. The van der Waals surface area contributed by atoms with E-state index >= 15 is 0 Å². The van der Waals surface area contributed by atoms with E-state index < -0.39 is 5.91 Å². The lowest BCUT2D eigenvalue weighted by Gasteiger charge is -2.30. The van der Waals surface area contributed by atoms with Gasteiger partial charge in [-0.3, -0.25) is 14.9 Å². The SMILES string of the molecule is O=C(C=Cc1ccc(OCc2nc(C3CCN(Cc4ccc(F)cc4)CC3)no2)cc1)NO. The van der Waals surface area contributed by atoms with Gasteiger partial charge in [-0.15, -0.1) is 0 Å². The molecule has 2 N–H and O–H groups in total. The fraction of sp³-hybridized carbons (Fsp3) is 0.292. The van der Waals surface area contributed by atoms with Crippen molar-refractivity contribution in [1.82, 2.24) is 20.5 Å². The smallest absolute Gasteiger partial charge is 0.267 e. The Morgan fingerprint density at radius 3 is 2.61 bits per heavy atom. The number of hydrogen-bond donors (Lipinski definition) is 2. The summed E-state index contributed by atoms with van der Waals surface area (Å²) in [5, 5.41) is 12.6. The quantitative estimate of drug-likeness (QED) is 0.305. The first-order valence-electron chi connectivity index (χ1n) is 10.7. The van der Waals surface area contributed by atoms with Crippen molar-refractivity contribution in [2.45, 2.75) is 31.9 Å². The van der Waals surface area contributed by atoms with Gasteiger partial charge in [-0.1, -0.05) is 29.4 Å². The van der Waals surface area contributed by atoms with Crippen LogP contribution in [0.4, 0.5) is 4.39 Å². The first-order valence-corrected chi connectivity index (χ1v) is 10.7. The number of carbonyl (C=O) groups is 1. The summed E-state index contributed by atoms with van der Waals surface area (Å²) >= 11 is 0. The number of rotatable bonds is 8. The Labute approximate surface area is 190 Å². The number of aromatic nitrogens is 2. The number of carbonyl (C=O) groups excluding carboxylic acids is 1. The van der Waals surface area contributed by atoms with Gasteiger partial charge in [-0.25, -0.2) is 9.87 Å². The molecule has 1 fully saturated rings. The minimum atomic E-state index is -0.596. The van der Waals surface area contributed by atoms with E-state index in [9.17, 15) is 9.18 Å². The van der Waals surface area contributed by atoms with Gasteiger partial charge in [0.05, 0.1) is 0 Å². The van der Waals surface area contributed by atoms with Crippen LogP contribution in [-0.2, 0) is 17.9 Å². The molecule has 2 aromatic carbocycles. The molecule has 172 valence electrons. The summed E-state index contributed by atoms with van der Waals surface area (Å²) in [4.78, 5) is 17.9. The van der Waals surface area contributed by atoms with E-state index in [0.717, 1.165) is 43.6 Å². The van der Waals surface area contributed by atoms with Crippen LogP contribution >= 0.6 is 0 Å². The fourth-order valence-corrected chi connectivity index (χ4v) is 3.72. The highest BCUT2D eigenvalue weighted by Gasteiger charge is 2.24. The summed E-state index contributed by atoms with van der Waals surface area (Å²) in [6, 6.07) is 13.8. The highest BCUT2D eigenvalue weighted by molar-refractivity contribution is 5.90. The number of nitrogens with one attached hydrogen (secondary N) is 1. The maximum Gasteiger partial charge on any atom is 0.267 e. The van der Waals surface area contributed by atoms with Crippen LogP contribution < -0.4 is 10.2 Å². The molecule has 8 nitrogen and oxygen atoms in total. The van der Waals surface area contributed by atoms with Gasteiger partial charge in [0.1, 0.15) is 11.6 Å². The van der Waals surface area contributed by atoms with Gasteiger partial charge in [0.15, 0.2) is 12.4 Å². The minimum absolute atomic E-state index is 0.165. The molecule has 1 amide bonds. The van der Waals surface area contributed by atoms with Crippen molar-refractivity contribution in [2.24, 2.45) is 0 Å². The van der Waals surface area contributed by atoms with Crippen LogP contribution in [0.1, 0.15) is 41.6 Å². The van der Waals surface area contributed by atoms with Gasteiger partial charge in [0.2, 0.25) is 0 Å². The maximum atomic E-state index is 13.1. The maximum absolute atomic E-state index is 13.1. The number of piperidine rings is 1. The number of likely N-dealkylation sites (tertiary alicyclic amines) is 1. The average molecular weight is 452 g/mol. The lowest BCUT2D eigenvalue weighted by molar-refractivity contribution is -0.124. The van der Waals surface area contributed by atoms with Crippen molar-refractivity contribution in [3.8, 4) is 5.75 Å². The predicted molar refractivity (Wildman–Crippen MR) is 118 cm³/mol. The number of hydroxylamine groups is 1. The molecule has 0 atom stereocenters. The van der Waals surface area contributed by atoms with Crippen molar-refractivity contribution < 1.29 is 23.7 Å². The van der Waals surface area contributed by atoms with Crippen LogP contribution in [0.5, 0.6) is 5.75 Å². The van der Waals surface area contributed by atoms with Crippen LogP contribution in [0.25, 0.3) is 6.08 Å². The summed E-state index contributed by atoms with van der Waals surface area (Å²) in [6.45, 7) is 2.81. The molecule has 33 heavy (non-hydrogen) atoms. The number of hydrogen-bond acceptors (Lipinski definition) is 7. The molecule has 1 aliphatic heterocycles. The van der Waals surface area contributed by atoms with E-state index in [1.54, 1.807) is 30.3 Å². The molecule has 0 bridgehead atoms. The molecule has 9 heteroatoms. The monoisotopic (exact) mass is 452 g/mol. The average Bonchev–Trinajstić information content (AvgIpc) is 3.33. The van der Waals surface area contributed by atoms with Crippen LogP contribution in [0, 0.1) is 5.82 Å². The Hall–Kier alpha value is -3.56. The number of halogens is 1. The molecule has 3 aromatic rings. The van der Waals surface area contributed by atoms with Crippen molar-refractivity contribution in [1.29, 1.82) is 0 Å². The van der Waals surface area contributed by atoms with Gasteiger partial charge >= 0.3 is 0 Å². The third-order valence-corrected chi connectivity index (χ3v) is 5.54. The number of benzene rings is 2. The van der Waals surface area contributed by atoms with Gasteiger partial charge < -0.3 is 9.26 Å². The Bertz CT molecular complexity index is 1070. The fourth-order valence-electron chi connectivity index (χ4n) is 3.72. The third-order valence-electron chi connectivity index (χ3n) is 5.54. The summed E-state index contributed by atoms with van der Waals surface area (Å²) in [5.41, 5.74) is 3.43. The highest BCUT2D eigenvalue weighted by atomic mass is 19.1. The zero-order valence-corrected chi connectivity index (χ0v) is 18.0. The molecule has 0 spiro atoms. The second-order valence-corrected chi connectivity index (χ2v) is 7.89. The number of ether oxygens (including phenoxy) is 1. The van der Waals surface area contributed by atoms with E-state index in [1.165, 1.54) is 23.7 Å². The first-order chi connectivity index (χ1) is 16.1. The molecule has 0 unspecified atom stereocenters. The topological polar surface area (TPSA) is 101 Å². The van der Waals surface area contributed by atoms with E-state index in [0.29, 0.717) is 17.5 Å². The van der Waals surface area contributed by atoms with E-state index in [-0.39, 0.29) is 18.3 Å². The summed E-state index contributed by atoms with van der Waals surface area (Å²) < 4.78 is 24.1. The largest absolute Gasteiger partial charge is 0.484 e. The minimum Gasteiger partial charge on any atom is -0.484 e. The van der Waals surface area contributed by atoms with E-state index in [2.05, 4.69) is 15.0 Å². The Balaban J connectivity index is 1.23. The molecule has 1 saturated heterocycles. The normalized spacial score (nSPS) is 15.1. The van der Waals surface area contributed by atoms with Crippen LogP contribution in [0.3, 0.4) is 0 Å². The van der Waals surface area contributed by atoms with Gasteiger partial charge in [-0.2, -0.15) is 4.98 Å². The Morgan fingerprint density at radius 1 is 1.18 bits per heavy atom. The van der Waals surface area contributed by atoms with Gasteiger partial charge in [0.25, 0.3) is 11.8 Å². The summed E-state index contributed by atoms with van der Waals surface area (Å²) in [7, 11) is 0. The van der Waals surface area contributed by atoms with Crippen LogP contribution in [-0.4, -0.2) is 39.2 Å². The number of amides is 1. The van der Waals surface area contributed by atoms with Crippen molar-refractivity contribution in [3.63, 3.8) is 0 Å².